The number of carboxylic acids is 1. The van der Waals surface area contributed by atoms with Crippen molar-refractivity contribution in [3.8, 4) is 11.1 Å². The summed E-state index contributed by atoms with van der Waals surface area (Å²) in [4.78, 5) is 38.4. The van der Waals surface area contributed by atoms with Gasteiger partial charge in [0.15, 0.2) is 5.82 Å². The Balaban J connectivity index is 1.81. The number of aromatic nitrogens is 3. The largest absolute Gasteiger partial charge is 0.480 e. The molecule has 4 rings (SSSR count). The number of carbonyl (C=O) groups excluding carboxylic acids is 1. The lowest BCUT2D eigenvalue weighted by molar-refractivity contribution is -0.157. The van der Waals surface area contributed by atoms with E-state index in [0.29, 0.717) is 29.0 Å². The van der Waals surface area contributed by atoms with E-state index in [1.807, 2.05) is 24.4 Å². The molecule has 1 aromatic carbocycles. The lowest BCUT2D eigenvalue weighted by atomic mass is 10.1. The van der Waals surface area contributed by atoms with Crippen LogP contribution < -0.4 is 5.32 Å². The van der Waals surface area contributed by atoms with Crippen LogP contribution >= 0.6 is 11.3 Å². The topological polar surface area (TPSA) is 114 Å². The van der Waals surface area contributed by atoms with Crippen LogP contribution in [0.2, 0.25) is 0 Å². The molecule has 4 aromatic rings. The van der Waals surface area contributed by atoms with Crippen LogP contribution in [0.4, 0.5) is 10.2 Å². The first-order valence-corrected chi connectivity index (χ1v) is 11.9. The van der Waals surface area contributed by atoms with Gasteiger partial charge in [-0.2, -0.15) is 0 Å². The number of hydrogen-bond donors (Lipinski definition) is 2. The number of aliphatic carboxylic acids is 1. The summed E-state index contributed by atoms with van der Waals surface area (Å²) in [6.07, 6.45) is 1.76. The first-order chi connectivity index (χ1) is 16.9. The van der Waals surface area contributed by atoms with Crippen molar-refractivity contribution in [2.45, 2.75) is 38.8 Å². The molecule has 0 fully saturated rings. The molecule has 0 amide bonds. The fourth-order valence-corrected chi connectivity index (χ4v) is 4.35. The molecule has 0 radical (unpaired) electrons. The molecule has 180 valence electrons. The highest BCUT2D eigenvalue weighted by atomic mass is 32.1. The molecule has 0 bridgehead atoms. The lowest BCUT2D eigenvalue weighted by Gasteiger charge is -2.16. The fourth-order valence-electron chi connectivity index (χ4n) is 3.40. The second-order valence-electron chi connectivity index (χ2n) is 7.87. The Hall–Kier alpha value is -3.92. The molecule has 8 nitrogen and oxygen atoms in total. The number of nitrogens with one attached hydrogen (secondary N) is 1. The van der Waals surface area contributed by atoms with Gasteiger partial charge in [-0.15, -0.1) is 11.3 Å². The number of benzene rings is 1. The summed E-state index contributed by atoms with van der Waals surface area (Å²) < 4.78 is 18.8. The Morgan fingerprint density at radius 2 is 1.94 bits per heavy atom. The normalized spacial score (nSPS) is 12.8. The van der Waals surface area contributed by atoms with Crippen LogP contribution in [0.15, 0.2) is 54.0 Å². The van der Waals surface area contributed by atoms with E-state index >= 15 is 0 Å². The van der Waals surface area contributed by atoms with Crippen LogP contribution in [-0.4, -0.2) is 38.1 Å². The summed E-state index contributed by atoms with van der Waals surface area (Å²) >= 11 is 1.28. The number of anilines is 1. The number of esters is 1. The van der Waals surface area contributed by atoms with Crippen molar-refractivity contribution in [3.05, 3.63) is 71.4 Å². The van der Waals surface area contributed by atoms with Crippen molar-refractivity contribution in [2.24, 2.45) is 0 Å². The van der Waals surface area contributed by atoms with E-state index in [0.717, 1.165) is 16.8 Å². The van der Waals surface area contributed by atoms with E-state index in [4.69, 9.17) is 4.74 Å². The Kier molecular flexibility index (Phi) is 7.31. The number of halogens is 1. The number of nitrogens with zero attached hydrogens (tertiary/aromatic N) is 3. The number of hydrogen-bond acceptors (Lipinski definition) is 8. The van der Waals surface area contributed by atoms with Gasteiger partial charge in [0.05, 0.1) is 23.7 Å². The van der Waals surface area contributed by atoms with Crippen molar-refractivity contribution in [3.63, 3.8) is 0 Å². The van der Waals surface area contributed by atoms with Gasteiger partial charge >= 0.3 is 11.9 Å². The van der Waals surface area contributed by atoms with E-state index in [-0.39, 0.29) is 11.6 Å². The molecular formula is C25H23FN4O4S. The molecule has 10 heteroatoms. The molecule has 2 atom stereocenters. The van der Waals surface area contributed by atoms with Crippen LogP contribution in [0.3, 0.4) is 0 Å². The summed E-state index contributed by atoms with van der Waals surface area (Å²) in [6.45, 7) is 3.83. The average Bonchev–Trinajstić information content (AvgIpc) is 3.27. The van der Waals surface area contributed by atoms with E-state index in [9.17, 15) is 19.1 Å². The van der Waals surface area contributed by atoms with Gasteiger partial charge in [0.2, 0.25) is 5.92 Å². The number of rotatable bonds is 9. The van der Waals surface area contributed by atoms with Crippen LogP contribution in [0.5, 0.6) is 0 Å². The molecule has 0 aliphatic rings. The van der Waals surface area contributed by atoms with E-state index in [1.54, 1.807) is 31.3 Å². The summed E-state index contributed by atoms with van der Waals surface area (Å²) in [5, 5.41) is 15.5. The van der Waals surface area contributed by atoms with Gasteiger partial charge in [-0.3, -0.25) is 14.6 Å². The van der Waals surface area contributed by atoms with Crippen LogP contribution in [0, 0.1) is 5.82 Å². The molecule has 0 saturated heterocycles. The minimum Gasteiger partial charge on any atom is -0.480 e. The monoisotopic (exact) mass is 494 g/mol. The van der Waals surface area contributed by atoms with Gasteiger partial charge < -0.3 is 15.2 Å². The van der Waals surface area contributed by atoms with Gasteiger partial charge in [-0.05, 0) is 43.2 Å². The summed E-state index contributed by atoms with van der Waals surface area (Å²) in [6, 6.07) is 11.5. The van der Waals surface area contributed by atoms with Crippen LogP contribution in [0.1, 0.15) is 37.7 Å². The second kappa shape index (κ2) is 10.6. The molecule has 3 aromatic heterocycles. The van der Waals surface area contributed by atoms with Gasteiger partial charge in [0.1, 0.15) is 16.5 Å². The molecule has 3 heterocycles. The van der Waals surface area contributed by atoms with Crippen molar-refractivity contribution in [2.75, 3.05) is 5.32 Å². The van der Waals surface area contributed by atoms with Gasteiger partial charge in [0.25, 0.3) is 0 Å². The van der Waals surface area contributed by atoms with Crippen molar-refractivity contribution in [1.82, 2.24) is 15.0 Å². The number of ether oxygens (including phenoxy) is 1. The Bertz CT molecular complexity index is 1350. The van der Waals surface area contributed by atoms with E-state index in [2.05, 4.69) is 20.3 Å². The maximum atomic E-state index is 13.5. The zero-order chi connectivity index (χ0) is 24.9. The summed E-state index contributed by atoms with van der Waals surface area (Å²) in [7, 11) is 0. The van der Waals surface area contributed by atoms with Crippen LogP contribution in [0.25, 0.3) is 21.3 Å². The van der Waals surface area contributed by atoms with E-state index in [1.165, 1.54) is 23.5 Å². The maximum Gasteiger partial charge on any atom is 0.328 e. The SMILES string of the molecule is CCC(C)OC(=O)C(C(=O)O)c1nc(NCc2ccccn2)c2c(-c3ccc(F)cc3)csc2n1. The van der Waals surface area contributed by atoms with Crippen molar-refractivity contribution < 1.29 is 23.8 Å². The number of fused-ring (bicyclic) bond motifs is 1. The first-order valence-electron chi connectivity index (χ1n) is 11.0. The highest BCUT2D eigenvalue weighted by molar-refractivity contribution is 7.17. The third-order valence-electron chi connectivity index (χ3n) is 5.40. The van der Waals surface area contributed by atoms with Crippen molar-refractivity contribution >= 4 is 39.3 Å². The second-order valence-corrected chi connectivity index (χ2v) is 8.73. The Morgan fingerprint density at radius 1 is 1.17 bits per heavy atom. The molecule has 0 aliphatic heterocycles. The molecule has 0 spiro atoms. The number of carbonyl (C=O) groups is 2. The smallest absolute Gasteiger partial charge is 0.328 e. The Labute approximate surface area is 204 Å². The predicted octanol–water partition coefficient (Wildman–Crippen LogP) is 5.01. The van der Waals surface area contributed by atoms with Crippen LogP contribution in [-0.2, 0) is 20.9 Å². The van der Waals surface area contributed by atoms with Crippen molar-refractivity contribution in [1.29, 1.82) is 0 Å². The van der Waals surface area contributed by atoms with E-state index < -0.39 is 24.0 Å². The fraction of sp³-hybridized carbons (Fsp3) is 0.240. The number of pyridine rings is 1. The zero-order valence-electron chi connectivity index (χ0n) is 19.1. The standard InChI is InChI=1S/C25H23FN4O4S/c1-3-14(2)34-25(33)20(24(31)32)22-29-21(28-12-17-6-4-5-11-27-17)19-18(13-35-23(19)30-22)15-7-9-16(26)10-8-15/h4-11,13-14,20H,3,12H2,1-2H3,(H,31,32)(H,28,29,30). The van der Waals surface area contributed by atoms with Gasteiger partial charge in [-0.1, -0.05) is 25.1 Å². The average molecular weight is 495 g/mol. The number of thiophene rings is 1. The highest BCUT2D eigenvalue weighted by Gasteiger charge is 2.35. The predicted molar refractivity (Wildman–Crippen MR) is 131 cm³/mol. The third kappa shape index (κ3) is 5.43. The molecule has 0 aliphatic carbocycles. The quantitative estimate of drug-likeness (QED) is 0.246. The molecular weight excluding hydrogens is 471 g/mol. The first kappa shape index (κ1) is 24.2. The molecule has 2 unspecified atom stereocenters. The molecule has 0 saturated carbocycles. The highest BCUT2D eigenvalue weighted by Crippen LogP contribution is 2.38. The summed E-state index contributed by atoms with van der Waals surface area (Å²) in [5.74, 6) is -4.18. The third-order valence-corrected chi connectivity index (χ3v) is 6.27. The van der Waals surface area contributed by atoms with Gasteiger partial charge in [-0.25, -0.2) is 14.4 Å². The molecule has 35 heavy (non-hydrogen) atoms. The zero-order valence-corrected chi connectivity index (χ0v) is 19.9. The minimum atomic E-state index is -1.68. The summed E-state index contributed by atoms with van der Waals surface area (Å²) in [5.41, 5.74) is 2.25. The lowest BCUT2D eigenvalue weighted by Crippen LogP contribution is -2.28. The maximum absolute atomic E-state index is 13.5. The Morgan fingerprint density at radius 3 is 2.60 bits per heavy atom. The molecule has 2 N–H and O–H groups in total. The number of carboxylic acid groups (broad SMARTS) is 1. The minimum absolute atomic E-state index is 0.172. The van der Waals surface area contributed by atoms with Gasteiger partial charge in [0, 0.05) is 17.1 Å².